The topological polar surface area (TPSA) is 17.8 Å². The van der Waals surface area contributed by atoms with Crippen LogP contribution in [0.5, 0.6) is 0 Å². The van der Waals surface area contributed by atoms with Gasteiger partial charge < -0.3 is 0 Å². The molecule has 0 fully saturated rings. The standard InChI is InChI=1S/C22H23IN2/c23-21-17-24-25(18-21)22(16-15-20-11-5-2-6-12-20)14-8-7-13-19-9-3-1-4-10-19/h1-6,8-12,14,17-18,22H,7,13,15-16H2/b14-8+/t22-/m1/s1. The van der Waals surface area contributed by atoms with Crippen LogP contribution < -0.4 is 0 Å². The van der Waals surface area contributed by atoms with E-state index in [-0.39, 0.29) is 0 Å². The molecule has 0 N–H and O–H groups in total. The molecule has 3 heteroatoms. The number of hydrogen-bond acceptors (Lipinski definition) is 1. The fourth-order valence-corrected chi connectivity index (χ4v) is 3.33. The van der Waals surface area contributed by atoms with E-state index in [4.69, 9.17) is 0 Å². The summed E-state index contributed by atoms with van der Waals surface area (Å²) >= 11 is 2.32. The maximum absolute atomic E-state index is 4.52. The van der Waals surface area contributed by atoms with Crippen molar-refractivity contribution < 1.29 is 0 Å². The maximum atomic E-state index is 4.52. The second-order valence-corrected chi connectivity index (χ2v) is 7.43. The molecule has 0 aliphatic heterocycles. The largest absolute Gasteiger partial charge is 0.265 e. The number of allylic oxidation sites excluding steroid dienone is 2. The maximum Gasteiger partial charge on any atom is 0.0702 e. The van der Waals surface area contributed by atoms with Gasteiger partial charge in [0.1, 0.15) is 0 Å². The molecule has 0 unspecified atom stereocenters. The lowest BCUT2D eigenvalue weighted by molar-refractivity contribution is 0.502. The molecule has 3 rings (SSSR count). The van der Waals surface area contributed by atoms with Crippen LogP contribution in [0.1, 0.15) is 30.0 Å². The molecule has 128 valence electrons. The van der Waals surface area contributed by atoms with E-state index in [0.29, 0.717) is 6.04 Å². The SMILES string of the molecule is Ic1cnn([C@H](/C=C/CCc2ccccc2)CCc2ccccc2)c1. The van der Waals surface area contributed by atoms with Gasteiger partial charge in [0.2, 0.25) is 0 Å². The van der Waals surface area contributed by atoms with Crippen molar-refractivity contribution in [2.45, 2.75) is 31.7 Å². The third-order valence-electron chi connectivity index (χ3n) is 4.28. The van der Waals surface area contributed by atoms with Crippen molar-refractivity contribution in [3.8, 4) is 0 Å². The van der Waals surface area contributed by atoms with E-state index in [2.05, 4.69) is 111 Å². The summed E-state index contributed by atoms with van der Waals surface area (Å²) in [6.45, 7) is 0. The van der Waals surface area contributed by atoms with Crippen LogP contribution >= 0.6 is 22.6 Å². The molecule has 25 heavy (non-hydrogen) atoms. The molecule has 0 saturated carbocycles. The third-order valence-corrected chi connectivity index (χ3v) is 4.84. The lowest BCUT2D eigenvalue weighted by atomic mass is 10.0. The van der Waals surface area contributed by atoms with Crippen molar-refractivity contribution in [3.63, 3.8) is 0 Å². The van der Waals surface area contributed by atoms with E-state index in [1.807, 2.05) is 6.20 Å². The Morgan fingerprint density at radius 1 is 0.920 bits per heavy atom. The third kappa shape index (κ3) is 5.85. The summed E-state index contributed by atoms with van der Waals surface area (Å²) in [7, 11) is 0. The zero-order valence-electron chi connectivity index (χ0n) is 14.3. The Balaban J connectivity index is 1.61. The second kappa shape index (κ2) is 9.56. The van der Waals surface area contributed by atoms with Crippen molar-refractivity contribution in [2.24, 2.45) is 0 Å². The van der Waals surface area contributed by atoms with Gasteiger partial charge in [0.15, 0.2) is 0 Å². The van der Waals surface area contributed by atoms with Crippen LogP contribution in [-0.4, -0.2) is 9.78 Å². The van der Waals surface area contributed by atoms with Crippen LogP contribution in [0.15, 0.2) is 85.2 Å². The van der Waals surface area contributed by atoms with Crippen molar-refractivity contribution in [3.05, 3.63) is 99.9 Å². The van der Waals surface area contributed by atoms with E-state index in [0.717, 1.165) is 25.7 Å². The quantitative estimate of drug-likeness (QED) is 0.316. The van der Waals surface area contributed by atoms with Crippen molar-refractivity contribution in [1.29, 1.82) is 0 Å². The van der Waals surface area contributed by atoms with E-state index < -0.39 is 0 Å². The minimum atomic E-state index is 0.305. The van der Waals surface area contributed by atoms with Crippen molar-refractivity contribution in [2.75, 3.05) is 0 Å². The summed E-state index contributed by atoms with van der Waals surface area (Å²) < 4.78 is 3.27. The highest BCUT2D eigenvalue weighted by Crippen LogP contribution is 2.18. The predicted molar refractivity (Wildman–Crippen MR) is 113 cm³/mol. The molecule has 0 radical (unpaired) electrons. The molecule has 1 heterocycles. The fourth-order valence-electron chi connectivity index (χ4n) is 2.92. The number of aromatic nitrogens is 2. The van der Waals surface area contributed by atoms with Gasteiger partial charge in [-0.2, -0.15) is 5.10 Å². The smallest absolute Gasteiger partial charge is 0.0702 e. The molecule has 1 atom stereocenters. The van der Waals surface area contributed by atoms with Gasteiger partial charge in [-0.25, -0.2) is 0 Å². The van der Waals surface area contributed by atoms with Gasteiger partial charge in [0, 0.05) is 6.20 Å². The molecule has 0 amide bonds. The fraction of sp³-hybridized carbons (Fsp3) is 0.227. The monoisotopic (exact) mass is 442 g/mol. The summed E-state index contributed by atoms with van der Waals surface area (Å²) in [5.41, 5.74) is 2.77. The second-order valence-electron chi connectivity index (χ2n) is 6.18. The van der Waals surface area contributed by atoms with Gasteiger partial charge in [-0.05, 0) is 59.4 Å². The Morgan fingerprint density at radius 3 is 2.16 bits per heavy atom. The molecule has 2 nitrogen and oxygen atoms in total. The summed E-state index contributed by atoms with van der Waals surface area (Å²) in [6.07, 6.45) is 12.9. The van der Waals surface area contributed by atoms with E-state index in [1.54, 1.807) is 0 Å². The normalized spacial score (nSPS) is 12.5. The van der Waals surface area contributed by atoms with E-state index in [9.17, 15) is 0 Å². The zero-order chi connectivity index (χ0) is 17.3. The van der Waals surface area contributed by atoms with Crippen LogP contribution in [0.4, 0.5) is 0 Å². The molecule has 0 spiro atoms. The molecular formula is C22H23IN2. The first-order valence-corrected chi connectivity index (χ1v) is 9.83. The molecule has 0 aliphatic carbocycles. The molecule has 2 aromatic carbocycles. The first kappa shape index (κ1) is 17.9. The summed E-state index contributed by atoms with van der Waals surface area (Å²) in [6, 6.07) is 21.6. The number of halogens is 1. The summed E-state index contributed by atoms with van der Waals surface area (Å²) in [5, 5.41) is 4.52. The van der Waals surface area contributed by atoms with E-state index >= 15 is 0 Å². The lowest BCUT2D eigenvalue weighted by Gasteiger charge is -2.14. The number of aryl methyl sites for hydroxylation is 2. The average molecular weight is 442 g/mol. The summed E-state index contributed by atoms with van der Waals surface area (Å²) in [4.78, 5) is 0. The Morgan fingerprint density at radius 2 is 1.56 bits per heavy atom. The molecule has 1 aromatic heterocycles. The molecular weight excluding hydrogens is 419 g/mol. The number of hydrogen-bond donors (Lipinski definition) is 0. The van der Waals surface area contributed by atoms with Crippen LogP contribution in [0.25, 0.3) is 0 Å². The highest BCUT2D eigenvalue weighted by molar-refractivity contribution is 14.1. The average Bonchev–Trinajstić information content (AvgIpc) is 3.09. The van der Waals surface area contributed by atoms with Crippen LogP contribution in [0.3, 0.4) is 0 Å². The van der Waals surface area contributed by atoms with Crippen LogP contribution in [0.2, 0.25) is 0 Å². The van der Waals surface area contributed by atoms with Crippen molar-refractivity contribution in [1.82, 2.24) is 9.78 Å². The highest BCUT2D eigenvalue weighted by Gasteiger charge is 2.09. The molecule has 3 aromatic rings. The minimum Gasteiger partial charge on any atom is -0.265 e. The zero-order valence-corrected chi connectivity index (χ0v) is 16.4. The number of benzene rings is 2. The van der Waals surface area contributed by atoms with Gasteiger partial charge in [-0.15, -0.1) is 0 Å². The van der Waals surface area contributed by atoms with Crippen LogP contribution in [-0.2, 0) is 12.8 Å². The Kier molecular flexibility index (Phi) is 6.86. The Hall–Kier alpha value is -1.88. The Labute approximate surface area is 163 Å². The molecule has 0 aliphatic rings. The molecule has 0 bridgehead atoms. The van der Waals surface area contributed by atoms with E-state index in [1.165, 1.54) is 14.7 Å². The van der Waals surface area contributed by atoms with Gasteiger partial charge in [-0.3, -0.25) is 4.68 Å². The minimum absolute atomic E-state index is 0.305. The van der Waals surface area contributed by atoms with Crippen LogP contribution in [0, 0.1) is 3.57 Å². The number of nitrogens with zero attached hydrogens (tertiary/aromatic N) is 2. The van der Waals surface area contributed by atoms with Gasteiger partial charge >= 0.3 is 0 Å². The van der Waals surface area contributed by atoms with Crippen molar-refractivity contribution >= 4 is 22.6 Å². The first-order valence-electron chi connectivity index (χ1n) is 8.75. The summed E-state index contributed by atoms with van der Waals surface area (Å²) in [5.74, 6) is 0. The number of rotatable bonds is 8. The lowest BCUT2D eigenvalue weighted by Crippen LogP contribution is -2.08. The van der Waals surface area contributed by atoms with Gasteiger partial charge in [0.25, 0.3) is 0 Å². The van der Waals surface area contributed by atoms with Gasteiger partial charge in [-0.1, -0.05) is 72.8 Å². The van der Waals surface area contributed by atoms with Gasteiger partial charge in [0.05, 0.1) is 15.8 Å². The Bertz CT molecular complexity index is 778. The highest BCUT2D eigenvalue weighted by atomic mass is 127. The molecule has 0 saturated heterocycles. The first-order chi connectivity index (χ1) is 12.3. The predicted octanol–water partition coefficient (Wildman–Crippen LogP) is 5.85.